The number of ether oxygens (including phenoxy) is 2. The van der Waals surface area contributed by atoms with E-state index in [2.05, 4.69) is 9.97 Å². The molecule has 0 bridgehead atoms. The summed E-state index contributed by atoms with van der Waals surface area (Å²) in [6.07, 6.45) is 0.305. The minimum Gasteiger partial charge on any atom is -0.489 e. The van der Waals surface area contributed by atoms with E-state index in [1.165, 1.54) is 12.1 Å². The summed E-state index contributed by atoms with van der Waals surface area (Å²) in [6.45, 7) is 4.44. The molecule has 35 heavy (non-hydrogen) atoms. The number of nitrogens with zero attached hydrogens (tertiary/aromatic N) is 2. The number of hydrogen-bond donors (Lipinski definition) is 0. The zero-order valence-corrected chi connectivity index (χ0v) is 19.7. The molecule has 1 aromatic heterocycles. The van der Waals surface area contributed by atoms with Crippen LogP contribution in [0.2, 0.25) is 0 Å². The van der Waals surface area contributed by atoms with Crippen molar-refractivity contribution in [2.24, 2.45) is 0 Å². The number of carbonyl (C=O) groups excluding carboxylic acids is 1. The summed E-state index contributed by atoms with van der Waals surface area (Å²) >= 11 is 0. The van der Waals surface area contributed by atoms with Crippen LogP contribution in [-0.4, -0.2) is 22.5 Å². The Balaban J connectivity index is 1.44. The first-order valence-electron chi connectivity index (χ1n) is 11.7. The molecule has 0 saturated heterocycles. The van der Waals surface area contributed by atoms with E-state index in [4.69, 9.17) is 9.47 Å². The summed E-state index contributed by atoms with van der Waals surface area (Å²) in [4.78, 5) is 20.7. The SMILES string of the molecule is CCOC(=O)CCc1ccc(OCc2cnc(-c3ccc(C(F)(F)F)cc3)nc2C2CC2)cc1C. The molecule has 0 aliphatic heterocycles. The Bertz CT molecular complexity index is 1190. The third kappa shape index (κ3) is 6.38. The molecule has 1 fully saturated rings. The van der Waals surface area contributed by atoms with Gasteiger partial charge in [-0.05, 0) is 68.5 Å². The van der Waals surface area contributed by atoms with Crippen LogP contribution in [-0.2, 0) is 28.7 Å². The third-order valence-electron chi connectivity index (χ3n) is 5.94. The summed E-state index contributed by atoms with van der Waals surface area (Å²) in [6, 6.07) is 10.7. The quantitative estimate of drug-likeness (QED) is 0.328. The first-order valence-corrected chi connectivity index (χ1v) is 11.7. The van der Waals surface area contributed by atoms with Crippen LogP contribution in [0.15, 0.2) is 48.7 Å². The van der Waals surface area contributed by atoms with Crippen LogP contribution in [0.5, 0.6) is 5.75 Å². The van der Waals surface area contributed by atoms with Crippen LogP contribution in [0.3, 0.4) is 0 Å². The minimum absolute atomic E-state index is 0.209. The van der Waals surface area contributed by atoms with Gasteiger partial charge in [0.05, 0.1) is 17.9 Å². The first kappa shape index (κ1) is 24.7. The molecule has 184 valence electrons. The van der Waals surface area contributed by atoms with Crippen LogP contribution in [0.25, 0.3) is 11.4 Å². The molecule has 8 heteroatoms. The number of aromatic nitrogens is 2. The van der Waals surface area contributed by atoms with Crippen molar-refractivity contribution in [3.8, 4) is 17.1 Å². The molecule has 0 atom stereocenters. The number of benzene rings is 2. The normalized spacial score (nSPS) is 13.5. The van der Waals surface area contributed by atoms with Crippen molar-refractivity contribution in [2.75, 3.05) is 6.61 Å². The zero-order valence-electron chi connectivity index (χ0n) is 19.7. The van der Waals surface area contributed by atoms with E-state index in [9.17, 15) is 18.0 Å². The van der Waals surface area contributed by atoms with E-state index in [1.807, 2.05) is 25.1 Å². The van der Waals surface area contributed by atoms with Crippen molar-refractivity contribution >= 4 is 5.97 Å². The van der Waals surface area contributed by atoms with E-state index >= 15 is 0 Å². The molecule has 1 aliphatic rings. The van der Waals surface area contributed by atoms with Gasteiger partial charge in [0.1, 0.15) is 12.4 Å². The van der Waals surface area contributed by atoms with Crippen LogP contribution in [0.4, 0.5) is 13.2 Å². The molecule has 1 saturated carbocycles. The molecule has 1 heterocycles. The molecule has 4 rings (SSSR count). The molecule has 0 spiro atoms. The Hall–Kier alpha value is -3.42. The van der Waals surface area contributed by atoms with Crippen molar-refractivity contribution in [1.29, 1.82) is 0 Å². The number of esters is 1. The molecule has 5 nitrogen and oxygen atoms in total. The summed E-state index contributed by atoms with van der Waals surface area (Å²) in [5, 5.41) is 0. The van der Waals surface area contributed by atoms with Crippen molar-refractivity contribution in [3.63, 3.8) is 0 Å². The maximum absolute atomic E-state index is 12.9. The number of alkyl halides is 3. The number of hydrogen-bond acceptors (Lipinski definition) is 5. The standard InChI is InChI=1S/C27H27F3N2O3/c1-3-34-24(33)13-9-18-8-12-23(14-17(18)2)35-16-21-15-31-26(32-25(21)19-4-5-19)20-6-10-22(11-7-20)27(28,29)30/h6-8,10-12,14-15,19H,3-5,9,13,16H2,1-2H3. The van der Waals surface area contributed by atoms with Gasteiger partial charge in [0.15, 0.2) is 5.82 Å². The number of rotatable bonds is 9. The minimum atomic E-state index is -4.38. The zero-order chi connectivity index (χ0) is 25.0. The number of carbonyl (C=O) groups is 1. The van der Waals surface area contributed by atoms with E-state index in [0.29, 0.717) is 49.1 Å². The van der Waals surface area contributed by atoms with Crippen molar-refractivity contribution in [2.45, 2.75) is 58.2 Å². The van der Waals surface area contributed by atoms with Crippen LogP contribution in [0.1, 0.15) is 60.1 Å². The smallest absolute Gasteiger partial charge is 0.416 e. The van der Waals surface area contributed by atoms with Gasteiger partial charge in [-0.2, -0.15) is 13.2 Å². The average molecular weight is 485 g/mol. The van der Waals surface area contributed by atoms with Crippen molar-refractivity contribution in [1.82, 2.24) is 9.97 Å². The Morgan fingerprint density at radius 2 is 1.83 bits per heavy atom. The summed E-state index contributed by atoms with van der Waals surface area (Å²) in [7, 11) is 0. The summed E-state index contributed by atoms with van der Waals surface area (Å²) < 4.78 is 49.6. The predicted octanol–water partition coefficient (Wildman–Crippen LogP) is 6.42. The molecule has 3 aromatic rings. The molecular formula is C27H27F3N2O3. The van der Waals surface area contributed by atoms with Crippen LogP contribution in [0, 0.1) is 6.92 Å². The van der Waals surface area contributed by atoms with Gasteiger partial charge in [0, 0.05) is 29.7 Å². The fourth-order valence-corrected chi connectivity index (χ4v) is 3.86. The van der Waals surface area contributed by atoms with Gasteiger partial charge >= 0.3 is 12.1 Å². The molecular weight excluding hydrogens is 457 g/mol. The molecule has 1 aliphatic carbocycles. The molecule has 0 amide bonds. The fourth-order valence-electron chi connectivity index (χ4n) is 3.86. The summed E-state index contributed by atoms with van der Waals surface area (Å²) in [5.41, 5.74) is 3.69. The number of halogens is 3. The monoisotopic (exact) mass is 484 g/mol. The van der Waals surface area contributed by atoms with E-state index < -0.39 is 11.7 Å². The third-order valence-corrected chi connectivity index (χ3v) is 5.94. The maximum Gasteiger partial charge on any atom is 0.416 e. The average Bonchev–Trinajstić information content (AvgIpc) is 3.67. The Morgan fingerprint density at radius 1 is 1.09 bits per heavy atom. The second-order valence-corrected chi connectivity index (χ2v) is 8.64. The maximum atomic E-state index is 12.9. The van der Waals surface area contributed by atoms with Crippen molar-refractivity contribution < 1.29 is 27.4 Å². The highest BCUT2D eigenvalue weighted by Gasteiger charge is 2.31. The van der Waals surface area contributed by atoms with E-state index in [0.717, 1.165) is 47.4 Å². The fraction of sp³-hybridized carbons (Fsp3) is 0.370. The molecule has 0 unspecified atom stereocenters. The lowest BCUT2D eigenvalue weighted by molar-refractivity contribution is -0.143. The van der Waals surface area contributed by atoms with Gasteiger partial charge in [-0.15, -0.1) is 0 Å². The largest absolute Gasteiger partial charge is 0.489 e. The number of aryl methyl sites for hydroxylation is 2. The summed E-state index contributed by atoms with van der Waals surface area (Å²) in [5.74, 6) is 1.22. The molecule has 0 radical (unpaired) electrons. The predicted molar refractivity (Wildman–Crippen MR) is 125 cm³/mol. The van der Waals surface area contributed by atoms with Gasteiger partial charge < -0.3 is 9.47 Å². The van der Waals surface area contributed by atoms with Gasteiger partial charge in [0.25, 0.3) is 0 Å². The topological polar surface area (TPSA) is 61.3 Å². The molecule has 2 aromatic carbocycles. The lowest BCUT2D eigenvalue weighted by Gasteiger charge is -2.13. The second kappa shape index (κ2) is 10.5. The van der Waals surface area contributed by atoms with E-state index in [1.54, 1.807) is 13.1 Å². The lowest BCUT2D eigenvalue weighted by atomic mass is 10.0. The Labute approximate surface area is 202 Å². The second-order valence-electron chi connectivity index (χ2n) is 8.64. The van der Waals surface area contributed by atoms with Gasteiger partial charge in [-0.25, -0.2) is 9.97 Å². The van der Waals surface area contributed by atoms with Crippen molar-refractivity contribution in [3.05, 3.63) is 76.6 Å². The van der Waals surface area contributed by atoms with Crippen LogP contribution >= 0.6 is 0 Å². The highest BCUT2D eigenvalue weighted by atomic mass is 19.4. The Morgan fingerprint density at radius 3 is 2.46 bits per heavy atom. The highest BCUT2D eigenvalue weighted by molar-refractivity contribution is 5.69. The first-order chi connectivity index (χ1) is 16.7. The lowest BCUT2D eigenvalue weighted by Crippen LogP contribution is -2.07. The van der Waals surface area contributed by atoms with Crippen LogP contribution < -0.4 is 4.74 Å². The molecule has 0 N–H and O–H groups in total. The van der Waals surface area contributed by atoms with Gasteiger partial charge in [-0.3, -0.25) is 4.79 Å². The van der Waals surface area contributed by atoms with Gasteiger partial charge in [-0.1, -0.05) is 18.2 Å². The van der Waals surface area contributed by atoms with E-state index in [-0.39, 0.29) is 5.97 Å². The highest BCUT2D eigenvalue weighted by Crippen LogP contribution is 2.41. The van der Waals surface area contributed by atoms with Gasteiger partial charge in [0.2, 0.25) is 0 Å². The Kier molecular flexibility index (Phi) is 7.38.